The van der Waals surface area contributed by atoms with Crippen LogP contribution in [0.4, 0.5) is 0 Å². The zero-order chi connectivity index (χ0) is 14.6. The van der Waals surface area contributed by atoms with Crippen molar-refractivity contribution in [3.63, 3.8) is 0 Å². The number of hydrogen-bond donors (Lipinski definition) is 0. The lowest BCUT2D eigenvalue weighted by molar-refractivity contribution is -0.110. The molecule has 1 aromatic rings. The Balaban J connectivity index is 2.32. The number of methoxy groups -OCH3 is 1. The van der Waals surface area contributed by atoms with E-state index in [1.54, 1.807) is 19.3 Å². The van der Waals surface area contributed by atoms with Crippen molar-refractivity contribution >= 4 is 5.78 Å². The third kappa shape index (κ3) is 3.17. The second-order valence-electron chi connectivity index (χ2n) is 5.39. The van der Waals surface area contributed by atoms with E-state index in [2.05, 4.69) is 31.1 Å². The Labute approximate surface area is 120 Å². The molecule has 0 unspecified atom stereocenters. The predicted molar refractivity (Wildman–Crippen MR) is 81.1 cm³/mol. The van der Waals surface area contributed by atoms with Crippen LogP contribution in [-0.4, -0.2) is 38.4 Å². The molecule has 1 aliphatic rings. The Bertz CT molecular complexity index is 510. The summed E-state index contributed by atoms with van der Waals surface area (Å²) in [5.41, 5.74) is 0.977. The maximum Gasteiger partial charge on any atom is 0.178 e. The van der Waals surface area contributed by atoms with Gasteiger partial charge in [-0.15, -0.1) is 0 Å². The molecule has 0 amide bonds. The van der Waals surface area contributed by atoms with Crippen LogP contribution in [0.2, 0.25) is 0 Å². The minimum absolute atomic E-state index is 0.0546. The highest BCUT2D eigenvalue weighted by Crippen LogP contribution is 2.34. The predicted octanol–water partition coefficient (Wildman–Crippen LogP) is 2.58. The SMILES string of the molecule is COc1ccc(C2(CCN(C)C)C=CC(=O)C=C2)cc1. The second-order valence-corrected chi connectivity index (χ2v) is 5.39. The normalized spacial score (nSPS) is 16.7. The zero-order valence-corrected chi connectivity index (χ0v) is 12.3. The van der Waals surface area contributed by atoms with E-state index in [-0.39, 0.29) is 11.2 Å². The zero-order valence-electron chi connectivity index (χ0n) is 12.3. The number of benzene rings is 1. The van der Waals surface area contributed by atoms with Gasteiger partial charge in [0.15, 0.2) is 5.78 Å². The van der Waals surface area contributed by atoms with Gasteiger partial charge >= 0.3 is 0 Å². The van der Waals surface area contributed by atoms with Gasteiger partial charge < -0.3 is 9.64 Å². The van der Waals surface area contributed by atoms with Crippen LogP contribution < -0.4 is 4.74 Å². The largest absolute Gasteiger partial charge is 0.497 e. The molecule has 2 rings (SSSR count). The van der Waals surface area contributed by atoms with Gasteiger partial charge in [-0.1, -0.05) is 24.3 Å². The van der Waals surface area contributed by atoms with Gasteiger partial charge in [0.05, 0.1) is 7.11 Å². The molecule has 1 aliphatic carbocycles. The maximum atomic E-state index is 11.4. The Kier molecular flexibility index (Phi) is 4.40. The van der Waals surface area contributed by atoms with Crippen LogP contribution in [0.5, 0.6) is 5.75 Å². The van der Waals surface area contributed by atoms with Gasteiger partial charge in [-0.05, 0) is 56.9 Å². The molecule has 0 saturated heterocycles. The lowest BCUT2D eigenvalue weighted by atomic mass is 9.75. The first-order valence-corrected chi connectivity index (χ1v) is 6.77. The van der Waals surface area contributed by atoms with Crippen LogP contribution in [0.15, 0.2) is 48.6 Å². The molecule has 0 aliphatic heterocycles. The van der Waals surface area contributed by atoms with Gasteiger partial charge in [-0.2, -0.15) is 0 Å². The molecular weight excluding hydrogens is 250 g/mol. The molecule has 0 heterocycles. The number of rotatable bonds is 5. The highest BCUT2D eigenvalue weighted by Gasteiger charge is 2.28. The number of nitrogens with zero attached hydrogens (tertiary/aromatic N) is 1. The number of carbonyl (C=O) groups excluding carboxylic acids is 1. The standard InChI is InChI=1S/C17H21NO2/c1-18(2)13-12-17(10-8-15(19)9-11-17)14-4-6-16(20-3)7-5-14/h4-11H,12-13H2,1-3H3. The molecule has 0 spiro atoms. The number of ketones is 1. The van der Waals surface area contributed by atoms with Gasteiger partial charge in [-0.25, -0.2) is 0 Å². The third-order valence-electron chi connectivity index (χ3n) is 3.69. The van der Waals surface area contributed by atoms with Crippen LogP contribution >= 0.6 is 0 Å². The van der Waals surface area contributed by atoms with Gasteiger partial charge in [0, 0.05) is 5.41 Å². The minimum atomic E-state index is -0.204. The van der Waals surface area contributed by atoms with E-state index in [1.165, 1.54) is 5.56 Å². The summed E-state index contributed by atoms with van der Waals surface area (Å²) in [4.78, 5) is 13.6. The van der Waals surface area contributed by atoms with E-state index < -0.39 is 0 Å². The molecular formula is C17H21NO2. The van der Waals surface area contributed by atoms with E-state index in [1.807, 2.05) is 24.3 Å². The maximum absolute atomic E-state index is 11.4. The highest BCUT2D eigenvalue weighted by molar-refractivity contribution is 6.00. The van der Waals surface area contributed by atoms with Crippen LogP contribution in [0.3, 0.4) is 0 Å². The van der Waals surface area contributed by atoms with E-state index in [0.29, 0.717) is 0 Å². The van der Waals surface area contributed by atoms with Crippen molar-refractivity contribution in [2.24, 2.45) is 0 Å². The number of hydrogen-bond acceptors (Lipinski definition) is 3. The average molecular weight is 271 g/mol. The summed E-state index contributed by atoms with van der Waals surface area (Å²) in [5, 5.41) is 0. The molecule has 0 bridgehead atoms. The Morgan fingerprint density at radius 3 is 2.20 bits per heavy atom. The second kappa shape index (κ2) is 6.06. The summed E-state index contributed by atoms with van der Waals surface area (Å²) in [6, 6.07) is 8.06. The molecule has 1 aromatic carbocycles. The van der Waals surface area contributed by atoms with Gasteiger partial charge in [-0.3, -0.25) is 4.79 Å². The van der Waals surface area contributed by atoms with Crippen LogP contribution in [0, 0.1) is 0 Å². The van der Waals surface area contributed by atoms with Crippen molar-refractivity contribution in [1.29, 1.82) is 0 Å². The van der Waals surface area contributed by atoms with Crippen molar-refractivity contribution in [3.05, 3.63) is 54.1 Å². The van der Waals surface area contributed by atoms with Gasteiger partial charge in [0.2, 0.25) is 0 Å². The average Bonchev–Trinajstić information content (AvgIpc) is 2.47. The Morgan fingerprint density at radius 2 is 1.70 bits per heavy atom. The van der Waals surface area contributed by atoms with Gasteiger partial charge in [0.25, 0.3) is 0 Å². The van der Waals surface area contributed by atoms with E-state index >= 15 is 0 Å². The van der Waals surface area contributed by atoms with Crippen LogP contribution in [0.25, 0.3) is 0 Å². The molecule has 3 heteroatoms. The number of ether oxygens (including phenoxy) is 1. The summed E-state index contributed by atoms with van der Waals surface area (Å²) in [6.45, 7) is 0.953. The molecule has 0 fully saturated rings. The van der Waals surface area contributed by atoms with E-state index in [0.717, 1.165) is 18.7 Å². The monoisotopic (exact) mass is 271 g/mol. The third-order valence-corrected chi connectivity index (χ3v) is 3.69. The highest BCUT2D eigenvalue weighted by atomic mass is 16.5. The first-order chi connectivity index (χ1) is 9.55. The fourth-order valence-electron chi connectivity index (χ4n) is 2.39. The fraction of sp³-hybridized carbons (Fsp3) is 0.353. The topological polar surface area (TPSA) is 29.5 Å². The Morgan fingerprint density at radius 1 is 1.10 bits per heavy atom. The molecule has 3 nitrogen and oxygen atoms in total. The smallest absolute Gasteiger partial charge is 0.178 e. The summed E-state index contributed by atoms with van der Waals surface area (Å²) in [6.07, 6.45) is 8.30. The van der Waals surface area contributed by atoms with Crippen molar-refractivity contribution in [1.82, 2.24) is 4.90 Å². The quantitative estimate of drug-likeness (QED) is 0.824. The van der Waals surface area contributed by atoms with Crippen LogP contribution in [0.1, 0.15) is 12.0 Å². The van der Waals surface area contributed by atoms with E-state index in [4.69, 9.17) is 4.74 Å². The van der Waals surface area contributed by atoms with Gasteiger partial charge in [0.1, 0.15) is 5.75 Å². The molecule has 0 radical (unpaired) electrons. The molecule has 0 atom stereocenters. The Hall–Kier alpha value is -1.87. The molecule has 0 saturated carbocycles. The lowest BCUT2D eigenvalue weighted by Crippen LogP contribution is -2.29. The van der Waals surface area contributed by atoms with Crippen molar-refractivity contribution in [2.45, 2.75) is 11.8 Å². The first kappa shape index (κ1) is 14.5. The van der Waals surface area contributed by atoms with Crippen LogP contribution in [-0.2, 0) is 10.2 Å². The minimum Gasteiger partial charge on any atom is -0.497 e. The molecule has 20 heavy (non-hydrogen) atoms. The van der Waals surface area contributed by atoms with Crippen molar-refractivity contribution in [2.75, 3.05) is 27.7 Å². The fourth-order valence-corrected chi connectivity index (χ4v) is 2.39. The summed E-state index contributed by atoms with van der Waals surface area (Å²) in [7, 11) is 5.78. The molecule has 0 N–H and O–H groups in total. The van der Waals surface area contributed by atoms with E-state index in [9.17, 15) is 4.79 Å². The number of carbonyl (C=O) groups is 1. The summed E-state index contributed by atoms with van der Waals surface area (Å²) in [5.74, 6) is 0.898. The lowest BCUT2D eigenvalue weighted by Gasteiger charge is -2.31. The first-order valence-electron chi connectivity index (χ1n) is 6.77. The van der Waals surface area contributed by atoms with Crippen molar-refractivity contribution in [3.8, 4) is 5.75 Å². The number of allylic oxidation sites excluding steroid dienone is 4. The molecule has 106 valence electrons. The van der Waals surface area contributed by atoms with Crippen molar-refractivity contribution < 1.29 is 9.53 Å². The molecule has 0 aromatic heterocycles. The summed E-state index contributed by atoms with van der Waals surface area (Å²) >= 11 is 0. The summed E-state index contributed by atoms with van der Waals surface area (Å²) < 4.78 is 5.21.